The second-order valence-corrected chi connectivity index (χ2v) is 7.82. The normalized spacial score (nSPS) is 14.8. The standard InChI is InChI=1S/C16H21N3O3S/c1-19-12-14(11-17-19)13-4-2-5-15(10-13)22-9-3-8-18-23(20,21)16-6-7-16/h2,4-5,10-12,16,18H,3,6-9H2,1H3. The molecule has 1 aliphatic carbocycles. The summed E-state index contributed by atoms with van der Waals surface area (Å²) >= 11 is 0. The van der Waals surface area contributed by atoms with E-state index in [2.05, 4.69) is 9.82 Å². The highest BCUT2D eigenvalue weighted by atomic mass is 32.2. The third-order valence-electron chi connectivity index (χ3n) is 3.73. The minimum absolute atomic E-state index is 0.167. The van der Waals surface area contributed by atoms with Crippen LogP contribution in [0.5, 0.6) is 5.75 Å². The zero-order chi connectivity index (χ0) is 16.3. The number of ether oxygens (including phenoxy) is 1. The molecule has 0 bridgehead atoms. The van der Waals surface area contributed by atoms with Gasteiger partial charge in [0.05, 0.1) is 18.1 Å². The SMILES string of the molecule is Cn1cc(-c2cccc(OCCCNS(=O)(=O)C3CC3)c2)cn1. The Balaban J connectivity index is 1.47. The van der Waals surface area contributed by atoms with Crippen LogP contribution >= 0.6 is 0 Å². The molecule has 1 N–H and O–H groups in total. The van der Waals surface area contributed by atoms with Gasteiger partial charge in [0.2, 0.25) is 10.0 Å². The first-order valence-corrected chi connectivity index (χ1v) is 9.29. The summed E-state index contributed by atoms with van der Waals surface area (Å²) in [6, 6.07) is 7.81. The fourth-order valence-corrected chi connectivity index (χ4v) is 3.73. The Kier molecular flexibility index (Phi) is 4.68. The first kappa shape index (κ1) is 16.0. The maximum Gasteiger partial charge on any atom is 0.214 e. The average Bonchev–Trinajstić information content (AvgIpc) is 3.30. The Morgan fingerprint density at radius 3 is 2.87 bits per heavy atom. The molecule has 1 fully saturated rings. The minimum Gasteiger partial charge on any atom is -0.494 e. The molecule has 0 atom stereocenters. The molecule has 1 aromatic carbocycles. The van der Waals surface area contributed by atoms with E-state index >= 15 is 0 Å². The van der Waals surface area contributed by atoms with Crippen LogP contribution in [0.15, 0.2) is 36.7 Å². The molecule has 6 nitrogen and oxygen atoms in total. The molecule has 0 radical (unpaired) electrons. The molecule has 0 spiro atoms. The summed E-state index contributed by atoms with van der Waals surface area (Å²) < 4.78 is 33.4. The van der Waals surface area contributed by atoms with Gasteiger partial charge in [-0.3, -0.25) is 4.68 Å². The topological polar surface area (TPSA) is 73.2 Å². The predicted octanol–water partition coefficient (Wildman–Crippen LogP) is 1.94. The van der Waals surface area contributed by atoms with Crippen LogP contribution in [0.25, 0.3) is 11.1 Å². The zero-order valence-corrected chi connectivity index (χ0v) is 13.9. The summed E-state index contributed by atoms with van der Waals surface area (Å²) in [6.45, 7) is 0.894. The lowest BCUT2D eigenvalue weighted by Gasteiger charge is -2.08. The first-order valence-electron chi connectivity index (χ1n) is 7.75. The van der Waals surface area contributed by atoms with E-state index in [1.807, 2.05) is 43.7 Å². The van der Waals surface area contributed by atoms with E-state index < -0.39 is 10.0 Å². The first-order chi connectivity index (χ1) is 11.0. The van der Waals surface area contributed by atoms with Crippen LogP contribution in [0, 0.1) is 0 Å². The summed E-state index contributed by atoms with van der Waals surface area (Å²) in [4.78, 5) is 0. The number of hydrogen-bond donors (Lipinski definition) is 1. The third kappa shape index (κ3) is 4.33. The number of nitrogens with one attached hydrogen (secondary N) is 1. The molecule has 0 unspecified atom stereocenters. The third-order valence-corrected chi connectivity index (χ3v) is 5.68. The number of benzene rings is 1. The predicted molar refractivity (Wildman–Crippen MR) is 88.7 cm³/mol. The van der Waals surface area contributed by atoms with Gasteiger partial charge in [0, 0.05) is 25.4 Å². The van der Waals surface area contributed by atoms with Gasteiger partial charge in [0.25, 0.3) is 0 Å². The molecule has 1 saturated carbocycles. The van der Waals surface area contributed by atoms with E-state index in [4.69, 9.17) is 4.74 Å². The van der Waals surface area contributed by atoms with Crippen molar-refractivity contribution in [2.24, 2.45) is 7.05 Å². The molecule has 0 aliphatic heterocycles. The van der Waals surface area contributed by atoms with Gasteiger partial charge < -0.3 is 4.74 Å². The van der Waals surface area contributed by atoms with Gasteiger partial charge in [-0.15, -0.1) is 0 Å². The lowest BCUT2D eigenvalue weighted by atomic mass is 10.1. The zero-order valence-electron chi connectivity index (χ0n) is 13.1. The van der Waals surface area contributed by atoms with Gasteiger partial charge in [-0.1, -0.05) is 12.1 Å². The number of aryl methyl sites for hydroxylation is 1. The van der Waals surface area contributed by atoms with Crippen LogP contribution < -0.4 is 9.46 Å². The van der Waals surface area contributed by atoms with Crippen molar-refractivity contribution in [3.05, 3.63) is 36.7 Å². The van der Waals surface area contributed by atoms with E-state index in [-0.39, 0.29) is 5.25 Å². The second kappa shape index (κ2) is 6.72. The quantitative estimate of drug-likeness (QED) is 0.748. The van der Waals surface area contributed by atoms with E-state index in [9.17, 15) is 8.42 Å². The highest BCUT2D eigenvalue weighted by Crippen LogP contribution is 2.27. The van der Waals surface area contributed by atoms with Crippen molar-refractivity contribution in [2.45, 2.75) is 24.5 Å². The van der Waals surface area contributed by atoms with E-state index in [1.54, 1.807) is 4.68 Å². The Hall–Kier alpha value is -1.86. The maximum absolute atomic E-state index is 11.7. The van der Waals surface area contributed by atoms with Crippen molar-refractivity contribution >= 4 is 10.0 Å². The summed E-state index contributed by atoms with van der Waals surface area (Å²) in [5, 5.41) is 4.00. The van der Waals surface area contributed by atoms with Gasteiger partial charge in [-0.05, 0) is 37.0 Å². The molecular weight excluding hydrogens is 314 g/mol. The van der Waals surface area contributed by atoms with Gasteiger partial charge in [-0.25, -0.2) is 13.1 Å². The van der Waals surface area contributed by atoms with E-state index in [0.717, 1.165) is 29.7 Å². The van der Waals surface area contributed by atoms with Crippen molar-refractivity contribution in [3.8, 4) is 16.9 Å². The fourth-order valence-electron chi connectivity index (χ4n) is 2.31. The van der Waals surface area contributed by atoms with Crippen LogP contribution in [0.1, 0.15) is 19.3 Å². The number of nitrogens with zero attached hydrogens (tertiary/aromatic N) is 2. The lowest BCUT2D eigenvalue weighted by molar-refractivity contribution is 0.311. The summed E-state index contributed by atoms with van der Waals surface area (Å²) in [5.74, 6) is 0.774. The Morgan fingerprint density at radius 2 is 2.17 bits per heavy atom. The number of hydrogen-bond acceptors (Lipinski definition) is 4. The van der Waals surface area contributed by atoms with E-state index in [0.29, 0.717) is 19.6 Å². The molecule has 1 heterocycles. The molecule has 0 saturated heterocycles. The molecule has 0 amide bonds. The van der Waals surface area contributed by atoms with Gasteiger partial charge in [0.15, 0.2) is 0 Å². The monoisotopic (exact) mass is 335 g/mol. The van der Waals surface area contributed by atoms with Crippen molar-refractivity contribution in [1.82, 2.24) is 14.5 Å². The van der Waals surface area contributed by atoms with Crippen LogP contribution in [-0.4, -0.2) is 36.6 Å². The number of aromatic nitrogens is 2. The van der Waals surface area contributed by atoms with Crippen LogP contribution in [-0.2, 0) is 17.1 Å². The fraction of sp³-hybridized carbons (Fsp3) is 0.438. The Bertz CT molecular complexity index is 766. The molecule has 1 aliphatic rings. The van der Waals surface area contributed by atoms with Crippen molar-refractivity contribution < 1.29 is 13.2 Å². The molecule has 7 heteroatoms. The number of sulfonamides is 1. The molecule has 124 valence electrons. The molecule has 3 rings (SSSR count). The summed E-state index contributed by atoms with van der Waals surface area (Å²) in [7, 11) is -1.21. The summed E-state index contributed by atoms with van der Waals surface area (Å²) in [6.07, 6.45) is 5.97. The van der Waals surface area contributed by atoms with Crippen LogP contribution in [0.4, 0.5) is 0 Å². The van der Waals surface area contributed by atoms with Crippen molar-refractivity contribution in [1.29, 1.82) is 0 Å². The van der Waals surface area contributed by atoms with Crippen LogP contribution in [0.2, 0.25) is 0 Å². The maximum atomic E-state index is 11.7. The largest absolute Gasteiger partial charge is 0.494 e. The van der Waals surface area contributed by atoms with Crippen molar-refractivity contribution in [2.75, 3.05) is 13.2 Å². The van der Waals surface area contributed by atoms with E-state index in [1.165, 1.54) is 0 Å². The highest BCUT2D eigenvalue weighted by Gasteiger charge is 2.35. The average molecular weight is 335 g/mol. The Labute approximate surface area is 136 Å². The molecular formula is C16H21N3O3S. The van der Waals surface area contributed by atoms with Gasteiger partial charge >= 0.3 is 0 Å². The lowest BCUT2D eigenvalue weighted by Crippen LogP contribution is -2.28. The highest BCUT2D eigenvalue weighted by molar-refractivity contribution is 7.90. The Morgan fingerprint density at radius 1 is 1.35 bits per heavy atom. The number of rotatable bonds is 8. The summed E-state index contributed by atoms with van der Waals surface area (Å²) in [5.41, 5.74) is 2.08. The second-order valence-electron chi connectivity index (χ2n) is 5.77. The van der Waals surface area contributed by atoms with Gasteiger partial charge in [0.1, 0.15) is 5.75 Å². The molecule has 1 aromatic heterocycles. The van der Waals surface area contributed by atoms with Gasteiger partial charge in [-0.2, -0.15) is 5.10 Å². The molecule has 23 heavy (non-hydrogen) atoms. The molecule has 2 aromatic rings. The minimum atomic E-state index is -3.09. The van der Waals surface area contributed by atoms with Crippen molar-refractivity contribution in [3.63, 3.8) is 0 Å². The van der Waals surface area contributed by atoms with Crippen LogP contribution in [0.3, 0.4) is 0 Å². The smallest absolute Gasteiger partial charge is 0.214 e.